The Kier molecular flexibility index (Phi) is 11.7. The van der Waals surface area contributed by atoms with E-state index in [1.165, 1.54) is 48.5 Å². The smallest absolute Gasteiger partial charge is 0.338 e. The van der Waals surface area contributed by atoms with Crippen LogP contribution in [0.2, 0.25) is 0 Å². The zero-order valence-corrected chi connectivity index (χ0v) is 17.1. The van der Waals surface area contributed by atoms with E-state index in [-0.39, 0.29) is 48.7 Å². The largest absolute Gasteiger partial charge is 0.478 e. The molecule has 0 aliphatic carbocycles. The van der Waals surface area contributed by atoms with Crippen LogP contribution in [-0.2, 0) is 9.47 Å². The molecule has 0 amide bonds. The van der Waals surface area contributed by atoms with E-state index in [2.05, 4.69) is 0 Å². The first kappa shape index (κ1) is 26.3. The van der Waals surface area contributed by atoms with Crippen LogP contribution in [-0.4, -0.2) is 70.7 Å². The highest BCUT2D eigenvalue weighted by molar-refractivity contribution is 5.93. The van der Waals surface area contributed by atoms with Crippen molar-refractivity contribution in [2.45, 2.75) is 12.8 Å². The predicted molar refractivity (Wildman–Crippen MR) is 111 cm³/mol. The Balaban J connectivity index is 0.00000118. The molecule has 0 bridgehead atoms. The number of ether oxygens (including phenoxy) is 2. The van der Waals surface area contributed by atoms with Gasteiger partial charge in [-0.05, 0) is 61.4 Å². The monoisotopic (exact) mass is 448 g/mol. The van der Waals surface area contributed by atoms with Crippen molar-refractivity contribution in [3.63, 3.8) is 0 Å². The van der Waals surface area contributed by atoms with Gasteiger partial charge < -0.3 is 29.9 Å². The van der Waals surface area contributed by atoms with Crippen molar-refractivity contribution < 1.29 is 49.1 Å². The molecular formula is C22H24O10. The lowest BCUT2D eigenvalue weighted by Crippen LogP contribution is -2.10. The highest BCUT2D eigenvalue weighted by Crippen LogP contribution is 2.08. The first-order chi connectivity index (χ1) is 15.3. The molecule has 0 aromatic heterocycles. The van der Waals surface area contributed by atoms with Gasteiger partial charge in [0.1, 0.15) is 0 Å². The summed E-state index contributed by atoms with van der Waals surface area (Å²) in [7, 11) is 0. The molecule has 2 rings (SSSR count). The molecular weight excluding hydrogens is 424 g/mol. The third-order valence-corrected chi connectivity index (χ3v) is 3.84. The summed E-state index contributed by atoms with van der Waals surface area (Å²) in [6.07, 6.45) is 0.953. The Morgan fingerprint density at radius 1 is 0.562 bits per heavy atom. The number of hydrogen-bond acceptors (Lipinski definition) is 8. The lowest BCUT2D eigenvalue weighted by Gasteiger charge is -2.07. The molecule has 10 nitrogen and oxygen atoms in total. The van der Waals surface area contributed by atoms with Crippen molar-refractivity contribution in [2.75, 3.05) is 26.4 Å². The number of carboxylic acids is 2. The maximum absolute atomic E-state index is 11.8. The first-order valence-corrected chi connectivity index (χ1v) is 9.52. The van der Waals surface area contributed by atoms with Gasteiger partial charge in [-0.3, -0.25) is 0 Å². The molecule has 0 aliphatic rings. The molecule has 32 heavy (non-hydrogen) atoms. The number of hydrogen-bond donors (Lipinski definition) is 4. The molecule has 2 aromatic rings. The van der Waals surface area contributed by atoms with Gasteiger partial charge in [0.05, 0.1) is 48.7 Å². The zero-order valence-electron chi connectivity index (χ0n) is 17.1. The Morgan fingerprint density at radius 2 is 0.844 bits per heavy atom. The Labute approximate surface area is 183 Å². The molecule has 0 spiro atoms. The van der Waals surface area contributed by atoms with Crippen molar-refractivity contribution >= 4 is 23.9 Å². The standard InChI is InChI=1S/C20H18O8.C2H6O2/c21-17(22)13-3-7-15(8-4-13)19(25)27-11-1-2-12-28-20(26)16-9-5-14(6-10-16)18(23)24;3-1-2-4/h3-10H,1-2,11-12H2,(H,21,22)(H,23,24);3-4H,1-2H2. The number of aliphatic hydroxyl groups excluding tert-OH is 2. The van der Waals surface area contributed by atoms with Crippen LogP contribution in [0.5, 0.6) is 0 Å². The Morgan fingerprint density at radius 3 is 1.09 bits per heavy atom. The summed E-state index contributed by atoms with van der Waals surface area (Å²) in [5.41, 5.74) is 0.661. The summed E-state index contributed by atoms with van der Waals surface area (Å²) in [6, 6.07) is 10.8. The van der Waals surface area contributed by atoms with Gasteiger partial charge in [0.25, 0.3) is 0 Å². The Bertz CT molecular complexity index is 812. The van der Waals surface area contributed by atoms with Crippen LogP contribution >= 0.6 is 0 Å². The van der Waals surface area contributed by atoms with Crippen molar-refractivity contribution in [2.24, 2.45) is 0 Å². The topological polar surface area (TPSA) is 168 Å². The molecule has 0 heterocycles. The number of rotatable bonds is 10. The second-order valence-electron chi connectivity index (χ2n) is 6.19. The van der Waals surface area contributed by atoms with Gasteiger partial charge in [0, 0.05) is 0 Å². The van der Waals surface area contributed by atoms with Gasteiger partial charge in [-0.15, -0.1) is 0 Å². The number of carbonyl (C=O) groups is 4. The van der Waals surface area contributed by atoms with Gasteiger partial charge in [-0.25, -0.2) is 19.2 Å². The normalized spacial score (nSPS) is 9.81. The number of carbonyl (C=O) groups excluding carboxylic acids is 2. The van der Waals surface area contributed by atoms with Crippen molar-refractivity contribution in [3.8, 4) is 0 Å². The minimum Gasteiger partial charge on any atom is -0.478 e. The van der Waals surface area contributed by atoms with Crippen molar-refractivity contribution in [3.05, 3.63) is 70.8 Å². The fraction of sp³-hybridized carbons (Fsp3) is 0.273. The number of unbranched alkanes of at least 4 members (excludes halogenated alkanes) is 1. The van der Waals surface area contributed by atoms with Crippen molar-refractivity contribution in [1.82, 2.24) is 0 Å². The second kappa shape index (κ2) is 14.3. The molecule has 4 N–H and O–H groups in total. The van der Waals surface area contributed by atoms with E-state index in [1.807, 2.05) is 0 Å². The number of esters is 2. The van der Waals surface area contributed by atoms with E-state index < -0.39 is 23.9 Å². The van der Waals surface area contributed by atoms with Crippen LogP contribution in [0.4, 0.5) is 0 Å². The summed E-state index contributed by atoms with van der Waals surface area (Å²) < 4.78 is 10.1. The highest BCUT2D eigenvalue weighted by atomic mass is 16.5. The number of aromatic carboxylic acids is 2. The Hall–Kier alpha value is -3.76. The predicted octanol–water partition coefficient (Wildman–Crippen LogP) is 1.85. The van der Waals surface area contributed by atoms with Gasteiger partial charge in [0.15, 0.2) is 0 Å². The molecule has 0 fully saturated rings. The average molecular weight is 448 g/mol. The number of benzene rings is 2. The average Bonchev–Trinajstić information content (AvgIpc) is 2.81. The third-order valence-electron chi connectivity index (χ3n) is 3.84. The lowest BCUT2D eigenvalue weighted by atomic mass is 10.1. The van der Waals surface area contributed by atoms with Crippen molar-refractivity contribution in [1.29, 1.82) is 0 Å². The quantitative estimate of drug-likeness (QED) is 0.311. The number of carboxylic acid groups (broad SMARTS) is 2. The van der Waals surface area contributed by atoms with Crippen LogP contribution < -0.4 is 0 Å². The van der Waals surface area contributed by atoms with Gasteiger partial charge >= 0.3 is 23.9 Å². The minimum atomic E-state index is -1.08. The SMILES string of the molecule is O=C(O)c1ccc(C(=O)OCCCCOC(=O)c2ccc(C(=O)O)cc2)cc1.OCCO. The molecule has 0 aliphatic heterocycles. The van der Waals surface area contributed by atoms with Crippen LogP contribution in [0.1, 0.15) is 54.3 Å². The molecule has 0 radical (unpaired) electrons. The maximum Gasteiger partial charge on any atom is 0.338 e. The summed E-state index contributed by atoms with van der Waals surface area (Å²) in [4.78, 5) is 45.2. The first-order valence-electron chi connectivity index (χ1n) is 9.52. The molecule has 2 aromatic carbocycles. The van der Waals surface area contributed by atoms with Crippen LogP contribution in [0.3, 0.4) is 0 Å². The summed E-state index contributed by atoms with van der Waals surface area (Å²) in [5.74, 6) is -3.28. The van der Waals surface area contributed by atoms with E-state index in [4.69, 9.17) is 29.9 Å². The maximum atomic E-state index is 11.8. The molecule has 172 valence electrons. The fourth-order valence-electron chi connectivity index (χ4n) is 2.20. The molecule has 0 saturated heterocycles. The van der Waals surface area contributed by atoms with Crippen LogP contribution in [0.15, 0.2) is 48.5 Å². The van der Waals surface area contributed by atoms with E-state index in [9.17, 15) is 19.2 Å². The molecule has 0 atom stereocenters. The summed E-state index contributed by atoms with van der Waals surface area (Å²) >= 11 is 0. The molecule has 10 heteroatoms. The minimum absolute atomic E-state index is 0.0796. The molecule has 0 unspecified atom stereocenters. The zero-order chi connectivity index (χ0) is 23.9. The van der Waals surface area contributed by atoms with E-state index in [0.29, 0.717) is 12.8 Å². The third kappa shape index (κ3) is 9.37. The van der Waals surface area contributed by atoms with Crippen LogP contribution in [0, 0.1) is 0 Å². The van der Waals surface area contributed by atoms with Gasteiger partial charge in [-0.2, -0.15) is 0 Å². The highest BCUT2D eigenvalue weighted by Gasteiger charge is 2.10. The number of aliphatic hydroxyl groups is 2. The van der Waals surface area contributed by atoms with E-state index >= 15 is 0 Å². The van der Waals surface area contributed by atoms with E-state index in [0.717, 1.165) is 0 Å². The van der Waals surface area contributed by atoms with Crippen LogP contribution in [0.25, 0.3) is 0 Å². The van der Waals surface area contributed by atoms with Gasteiger partial charge in [0.2, 0.25) is 0 Å². The lowest BCUT2D eigenvalue weighted by molar-refractivity contribution is 0.0432. The summed E-state index contributed by atoms with van der Waals surface area (Å²) in [6.45, 7) is 0.00868. The second-order valence-corrected chi connectivity index (χ2v) is 6.19. The molecule has 0 saturated carbocycles. The van der Waals surface area contributed by atoms with Gasteiger partial charge in [-0.1, -0.05) is 0 Å². The fourth-order valence-corrected chi connectivity index (χ4v) is 2.20. The summed E-state index contributed by atoms with van der Waals surface area (Å²) in [5, 5.41) is 32.9. The van der Waals surface area contributed by atoms with E-state index in [1.54, 1.807) is 0 Å².